The van der Waals surface area contributed by atoms with Crippen molar-refractivity contribution in [3.05, 3.63) is 57.8 Å². The van der Waals surface area contributed by atoms with Gasteiger partial charge in [-0.15, -0.1) is 24.0 Å². The number of hydrogen-bond donors (Lipinski definition) is 2. The van der Waals surface area contributed by atoms with Crippen LogP contribution in [-0.2, 0) is 6.54 Å². The minimum atomic E-state index is 0. The van der Waals surface area contributed by atoms with E-state index in [9.17, 15) is 0 Å². The van der Waals surface area contributed by atoms with E-state index in [0.717, 1.165) is 19.0 Å². The molecule has 0 spiro atoms. The van der Waals surface area contributed by atoms with Crippen LogP contribution < -0.4 is 10.6 Å². The molecule has 1 heterocycles. The molecule has 120 valence electrons. The summed E-state index contributed by atoms with van der Waals surface area (Å²) in [6.07, 6.45) is 0. The van der Waals surface area contributed by atoms with E-state index < -0.39 is 0 Å². The number of benzene rings is 1. The van der Waals surface area contributed by atoms with Gasteiger partial charge in [-0.25, -0.2) is 0 Å². The van der Waals surface area contributed by atoms with E-state index in [1.807, 2.05) is 0 Å². The van der Waals surface area contributed by atoms with Crippen LogP contribution in [-0.4, -0.2) is 19.6 Å². The first-order valence-electron chi connectivity index (χ1n) is 7.21. The van der Waals surface area contributed by atoms with Crippen molar-refractivity contribution in [2.45, 2.75) is 26.3 Å². The molecule has 1 unspecified atom stereocenters. The van der Waals surface area contributed by atoms with Crippen LogP contribution in [0.1, 0.15) is 29.5 Å². The number of guanidine groups is 1. The Hall–Kier alpha value is -1.08. The fraction of sp³-hybridized carbons (Fsp3) is 0.353. The summed E-state index contributed by atoms with van der Waals surface area (Å²) in [5, 5.41) is 11.0. The zero-order valence-corrected chi connectivity index (χ0v) is 16.4. The van der Waals surface area contributed by atoms with E-state index in [1.165, 1.54) is 16.7 Å². The van der Waals surface area contributed by atoms with Gasteiger partial charge in [0.15, 0.2) is 5.96 Å². The van der Waals surface area contributed by atoms with Crippen LogP contribution >= 0.6 is 35.3 Å². The van der Waals surface area contributed by atoms with Crippen LogP contribution in [0.25, 0.3) is 0 Å². The van der Waals surface area contributed by atoms with Crippen LogP contribution in [0.2, 0.25) is 0 Å². The number of halogens is 1. The maximum absolute atomic E-state index is 4.27. The molecule has 1 atom stereocenters. The summed E-state index contributed by atoms with van der Waals surface area (Å²) < 4.78 is 0. The molecule has 0 amide bonds. The Morgan fingerprint density at radius 3 is 2.50 bits per heavy atom. The normalized spacial score (nSPS) is 12.4. The molecule has 1 aromatic carbocycles. The first-order chi connectivity index (χ1) is 10.2. The van der Waals surface area contributed by atoms with Gasteiger partial charge in [-0.05, 0) is 40.8 Å². The van der Waals surface area contributed by atoms with Gasteiger partial charge in [-0.1, -0.05) is 36.8 Å². The molecule has 5 heteroatoms. The first-order valence-corrected chi connectivity index (χ1v) is 8.15. The van der Waals surface area contributed by atoms with Crippen molar-refractivity contribution in [2.75, 3.05) is 13.6 Å². The number of nitrogens with one attached hydrogen (secondary N) is 2. The van der Waals surface area contributed by atoms with Gasteiger partial charge >= 0.3 is 0 Å². The molecule has 0 bridgehead atoms. The highest BCUT2D eigenvalue weighted by Gasteiger charge is 2.06. The highest BCUT2D eigenvalue weighted by molar-refractivity contribution is 14.0. The van der Waals surface area contributed by atoms with E-state index in [1.54, 1.807) is 18.4 Å². The number of rotatable bonds is 5. The average Bonchev–Trinajstić information content (AvgIpc) is 3.01. The van der Waals surface area contributed by atoms with E-state index in [-0.39, 0.29) is 24.0 Å². The quantitative estimate of drug-likeness (QED) is 0.426. The van der Waals surface area contributed by atoms with Gasteiger partial charge in [0.25, 0.3) is 0 Å². The zero-order chi connectivity index (χ0) is 15.1. The monoisotopic (exact) mass is 429 g/mol. The molecule has 0 saturated carbocycles. The summed E-state index contributed by atoms with van der Waals surface area (Å²) in [4.78, 5) is 4.27. The van der Waals surface area contributed by atoms with Crippen LogP contribution in [0, 0.1) is 6.92 Å². The Labute approximate surface area is 154 Å². The molecule has 2 N–H and O–H groups in total. The summed E-state index contributed by atoms with van der Waals surface area (Å²) in [6, 6.07) is 10.8. The molecule has 2 aromatic rings. The van der Waals surface area contributed by atoms with Crippen molar-refractivity contribution in [3.8, 4) is 0 Å². The summed E-state index contributed by atoms with van der Waals surface area (Å²) in [6.45, 7) is 6.02. The predicted octanol–water partition coefficient (Wildman–Crippen LogP) is 4.14. The molecule has 1 aromatic heterocycles. The maximum atomic E-state index is 4.27. The Balaban J connectivity index is 0.00000242. The minimum Gasteiger partial charge on any atom is -0.356 e. The lowest BCUT2D eigenvalue weighted by molar-refractivity contribution is 0.699. The van der Waals surface area contributed by atoms with Gasteiger partial charge in [0.05, 0.1) is 0 Å². The van der Waals surface area contributed by atoms with Gasteiger partial charge in [0.1, 0.15) is 0 Å². The number of aliphatic imine (C=N–C) groups is 1. The number of nitrogens with zero attached hydrogens (tertiary/aromatic N) is 1. The van der Waals surface area contributed by atoms with Crippen LogP contribution in [0.4, 0.5) is 0 Å². The van der Waals surface area contributed by atoms with Crippen molar-refractivity contribution in [1.82, 2.24) is 10.6 Å². The Morgan fingerprint density at radius 2 is 1.91 bits per heavy atom. The van der Waals surface area contributed by atoms with Crippen LogP contribution in [0.5, 0.6) is 0 Å². The van der Waals surface area contributed by atoms with Crippen molar-refractivity contribution in [1.29, 1.82) is 0 Å². The molecule has 2 rings (SSSR count). The molecule has 0 fully saturated rings. The highest BCUT2D eigenvalue weighted by Crippen LogP contribution is 2.14. The first kappa shape index (κ1) is 19.0. The number of aryl methyl sites for hydroxylation is 1. The lowest BCUT2D eigenvalue weighted by Crippen LogP contribution is -2.38. The van der Waals surface area contributed by atoms with Crippen LogP contribution in [0.15, 0.2) is 46.1 Å². The van der Waals surface area contributed by atoms with Crippen molar-refractivity contribution >= 4 is 41.3 Å². The Morgan fingerprint density at radius 1 is 1.18 bits per heavy atom. The molecule has 22 heavy (non-hydrogen) atoms. The fourth-order valence-corrected chi connectivity index (χ4v) is 2.73. The second-order valence-electron chi connectivity index (χ2n) is 5.25. The molecular weight excluding hydrogens is 405 g/mol. The van der Waals surface area contributed by atoms with Gasteiger partial charge in [-0.3, -0.25) is 4.99 Å². The summed E-state index contributed by atoms with van der Waals surface area (Å²) in [5.41, 5.74) is 3.93. The van der Waals surface area contributed by atoms with E-state index in [2.05, 4.69) is 70.6 Å². The van der Waals surface area contributed by atoms with E-state index in [0.29, 0.717) is 5.92 Å². The largest absolute Gasteiger partial charge is 0.356 e. The summed E-state index contributed by atoms with van der Waals surface area (Å²) >= 11 is 1.72. The summed E-state index contributed by atoms with van der Waals surface area (Å²) in [7, 11) is 1.81. The van der Waals surface area contributed by atoms with Crippen molar-refractivity contribution in [2.24, 2.45) is 4.99 Å². The Bertz CT molecular complexity index is 564. The topological polar surface area (TPSA) is 36.4 Å². The second-order valence-corrected chi connectivity index (χ2v) is 6.03. The third-order valence-electron chi connectivity index (χ3n) is 3.49. The molecule has 0 aliphatic carbocycles. The van der Waals surface area contributed by atoms with Gasteiger partial charge in [0.2, 0.25) is 0 Å². The Kier molecular flexibility index (Phi) is 8.48. The number of hydrogen-bond acceptors (Lipinski definition) is 2. The molecule has 0 aliphatic heterocycles. The maximum Gasteiger partial charge on any atom is 0.191 e. The lowest BCUT2D eigenvalue weighted by Gasteiger charge is -2.16. The third kappa shape index (κ3) is 5.96. The zero-order valence-electron chi connectivity index (χ0n) is 13.3. The molecular formula is C17H24IN3S. The van der Waals surface area contributed by atoms with Gasteiger partial charge in [0, 0.05) is 20.1 Å². The minimum absolute atomic E-state index is 0. The van der Waals surface area contributed by atoms with E-state index >= 15 is 0 Å². The highest BCUT2D eigenvalue weighted by atomic mass is 127. The molecule has 0 saturated heterocycles. The standard InChI is InChI=1S/C17H23N3S.HI/c1-13-4-6-16(7-5-13)14(2)10-19-17(18-3)20-11-15-8-9-21-12-15;/h4-9,12,14H,10-11H2,1-3H3,(H2,18,19,20);1H. The van der Waals surface area contributed by atoms with Gasteiger partial charge < -0.3 is 10.6 Å². The van der Waals surface area contributed by atoms with Crippen molar-refractivity contribution < 1.29 is 0 Å². The SMILES string of the molecule is CN=C(NCc1ccsc1)NCC(C)c1ccc(C)cc1.I. The van der Waals surface area contributed by atoms with Crippen LogP contribution in [0.3, 0.4) is 0 Å². The third-order valence-corrected chi connectivity index (χ3v) is 4.22. The molecule has 0 radical (unpaired) electrons. The fourth-order valence-electron chi connectivity index (χ4n) is 2.06. The van der Waals surface area contributed by atoms with Gasteiger partial charge in [-0.2, -0.15) is 11.3 Å². The second kappa shape index (κ2) is 9.84. The predicted molar refractivity (Wildman–Crippen MR) is 108 cm³/mol. The smallest absolute Gasteiger partial charge is 0.191 e. The molecule has 0 aliphatic rings. The number of thiophene rings is 1. The van der Waals surface area contributed by atoms with E-state index in [4.69, 9.17) is 0 Å². The molecule has 3 nitrogen and oxygen atoms in total. The lowest BCUT2D eigenvalue weighted by atomic mass is 10.0. The average molecular weight is 429 g/mol. The summed E-state index contributed by atoms with van der Waals surface area (Å²) in [5.74, 6) is 1.30. The van der Waals surface area contributed by atoms with Crippen molar-refractivity contribution in [3.63, 3.8) is 0 Å².